The Kier molecular flexibility index (Phi) is 7.63. The normalized spacial score (nSPS) is 11.7. The molecule has 1 aromatic carbocycles. The molecule has 3 amide bonds. The Hall–Kier alpha value is -1.73. The molecule has 21 heavy (non-hydrogen) atoms. The van der Waals surface area contributed by atoms with Crippen molar-refractivity contribution < 1.29 is 14.7 Å². The third-order valence-corrected chi connectivity index (χ3v) is 3.53. The second-order valence-corrected chi connectivity index (χ2v) is 5.52. The van der Waals surface area contributed by atoms with Crippen LogP contribution in [0.15, 0.2) is 24.3 Å². The molecule has 0 radical (unpaired) electrons. The molecule has 1 unspecified atom stereocenters. The summed E-state index contributed by atoms with van der Waals surface area (Å²) in [5, 5.41) is 14.3. The summed E-state index contributed by atoms with van der Waals surface area (Å²) >= 11 is 1.59. The molecule has 5 N–H and O–H groups in total. The van der Waals surface area contributed by atoms with E-state index < -0.39 is 12.1 Å². The minimum absolute atomic E-state index is 0.0403. The number of amides is 3. The fourth-order valence-electron chi connectivity index (χ4n) is 1.83. The van der Waals surface area contributed by atoms with Crippen LogP contribution in [0.5, 0.6) is 0 Å². The molecule has 1 aromatic rings. The van der Waals surface area contributed by atoms with E-state index in [1.807, 2.05) is 24.5 Å². The first-order valence-electron chi connectivity index (χ1n) is 6.58. The zero-order valence-corrected chi connectivity index (χ0v) is 12.8. The van der Waals surface area contributed by atoms with Crippen LogP contribution < -0.4 is 16.4 Å². The molecule has 0 aromatic heterocycles. The van der Waals surface area contributed by atoms with Crippen LogP contribution >= 0.6 is 11.8 Å². The standard InChI is InChI=1S/C14H21N3O3S/c1-21-6-5-12(17-14(15)20)13(19)16-8-10-3-2-4-11(7-10)9-18/h2-4,7,12,18H,5-6,8-9H2,1H3,(H,16,19)(H3,15,17,20). The van der Waals surface area contributed by atoms with Crippen LogP contribution in [-0.2, 0) is 17.9 Å². The van der Waals surface area contributed by atoms with E-state index >= 15 is 0 Å². The minimum atomic E-state index is -0.710. The van der Waals surface area contributed by atoms with Crippen molar-refractivity contribution in [3.63, 3.8) is 0 Å². The number of carbonyl (C=O) groups excluding carboxylic acids is 2. The number of nitrogens with one attached hydrogen (secondary N) is 2. The number of rotatable bonds is 8. The average molecular weight is 311 g/mol. The lowest BCUT2D eigenvalue weighted by atomic mass is 10.1. The average Bonchev–Trinajstić information content (AvgIpc) is 2.48. The van der Waals surface area contributed by atoms with E-state index in [9.17, 15) is 9.59 Å². The van der Waals surface area contributed by atoms with Crippen LogP contribution in [0.25, 0.3) is 0 Å². The van der Waals surface area contributed by atoms with Crippen LogP contribution in [0.3, 0.4) is 0 Å². The zero-order chi connectivity index (χ0) is 15.7. The second kappa shape index (κ2) is 9.25. The summed E-state index contributed by atoms with van der Waals surface area (Å²) in [5.74, 6) is 0.482. The van der Waals surface area contributed by atoms with E-state index in [0.29, 0.717) is 13.0 Å². The van der Waals surface area contributed by atoms with Crippen molar-refractivity contribution in [3.05, 3.63) is 35.4 Å². The zero-order valence-electron chi connectivity index (χ0n) is 12.0. The summed E-state index contributed by atoms with van der Waals surface area (Å²) in [5.41, 5.74) is 6.76. The van der Waals surface area contributed by atoms with E-state index in [0.717, 1.165) is 16.9 Å². The third kappa shape index (κ3) is 6.50. The Balaban J connectivity index is 2.57. The Morgan fingerprint density at radius 2 is 2.10 bits per heavy atom. The number of thioether (sulfide) groups is 1. The molecule has 0 aliphatic heterocycles. The second-order valence-electron chi connectivity index (χ2n) is 4.54. The van der Waals surface area contributed by atoms with Crippen molar-refractivity contribution in [2.45, 2.75) is 25.6 Å². The summed E-state index contributed by atoms with van der Waals surface area (Å²) in [4.78, 5) is 23.0. The predicted molar refractivity (Wildman–Crippen MR) is 83.7 cm³/mol. The van der Waals surface area contributed by atoms with Gasteiger partial charge in [0.05, 0.1) is 6.61 Å². The largest absolute Gasteiger partial charge is 0.392 e. The van der Waals surface area contributed by atoms with Gasteiger partial charge in [-0.1, -0.05) is 24.3 Å². The molecular formula is C14H21N3O3S. The highest BCUT2D eigenvalue weighted by atomic mass is 32.2. The molecular weight excluding hydrogens is 290 g/mol. The van der Waals surface area contributed by atoms with Crippen molar-refractivity contribution in [1.29, 1.82) is 0 Å². The summed E-state index contributed by atoms with van der Waals surface area (Å²) in [6.07, 6.45) is 2.45. The molecule has 0 heterocycles. The fourth-order valence-corrected chi connectivity index (χ4v) is 2.30. The molecule has 0 saturated carbocycles. The summed E-state index contributed by atoms with van der Waals surface area (Å²) in [6, 6.07) is 5.96. The number of benzene rings is 1. The lowest BCUT2D eigenvalue weighted by Crippen LogP contribution is -2.48. The first-order valence-corrected chi connectivity index (χ1v) is 7.97. The number of aliphatic hydroxyl groups excluding tert-OH is 1. The van der Waals surface area contributed by atoms with Gasteiger partial charge in [-0.15, -0.1) is 0 Å². The summed E-state index contributed by atoms with van der Waals surface area (Å²) < 4.78 is 0. The van der Waals surface area contributed by atoms with Gasteiger partial charge in [-0.05, 0) is 29.6 Å². The maximum Gasteiger partial charge on any atom is 0.312 e. The summed E-state index contributed by atoms with van der Waals surface area (Å²) in [6.45, 7) is 0.296. The maximum absolute atomic E-state index is 12.1. The van der Waals surface area contributed by atoms with E-state index in [1.165, 1.54) is 0 Å². The molecule has 0 fully saturated rings. The van der Waals surface area contributed by atoms with Crippen molar-refractivity contribution in [1.82, 2.24) is 10.6 Å². The van der Waals surface area contributed by atoms with E-state index in [2.05, 4.69) is 10.6 Å². The fraction of sp³-hybridized carbons (Fsp3) is 0.429. The third-order valence-electron chi connectivity index (χ3n) is 2.88. The van der Waals surface area contributed by atoms with Crippen LogP contribution in [0.1, 0.15) is 17.5 Å². The number of aliphatic hydroxyl groups is 1. The first kappa shape index (κ1) is 17.3. The minimum Gasteiger partial charge on any atom is -0.392 e. The van der Waals surface area contributed by atoms with Crippen LogP contribution in [0, 0.1) is 0 Å². The highest BCUT2D eigenvalue weighted by molar-refractivity contribution is 7.98. The number of hydrogen-bond acceptors (Lipinski definition) is 4. The number of primary amides is 1. The Morgan fingerprint density at radius 3 is 2.71 bits per heavy atom. The number of carbonyl (C=O) groups is 2. The van der Waals surface area contributed by atoms with Crippen LogP contribution in [-0.4, -0.2) is 35.1 Å². The quantitative estimate of drug-likeness (QED) is 0.564. The van der Waals surface area contributed by atoms with Crippen molar-refractivity contribution >= 4 is 23.7 Å². The van der Waals surface area contributed by atoms with E-state index in [1.54, 1.807) is 17.8 Å². The monoisotopic (exact) mass is 311 g/mol. The van der Waals surface area contributed by atoms with Gasteiger partial charge in [0.2, 0.25) is 5.91 Å². The smallest absolute Gasteiger partial charge is 0.312 e. The number of hydrogen-bond donors (Lipinski definition) is 4. The van der Waals surface area contributed by atoms with E-state index in [4.69, 9.17) is 10.8 Å². The Morgan fingerprint density at radius 1 is 1.38 bits per heavy atom. The van der Waals surface area contributed by atoms with Gasteiger partial charge in [0.15, 0.2) is 0 Å². The molecule has 0 aliphatic rings. The molecule has 0 spiro atoms. The first-order chi connectivity index (χ1) is 10.1. The van der Waals surface area contributed by atoms with Gasteiger partial charge in [0.1, 0.15) is 6.04 Å². The van der Waals surface area contributed by atoms with Crippen LogP contribution in [0.4, 0.5) is 4.79 Å². The lowest BCUT2D eigenvalue weighted by molar-refractivity contribution is -0.123. The van der Waals surface area contributed by atoms with Crippen molar-refractivity contribution in [2.75, 3.05) is 12.0 Å². The van der Waals surface area contributed by atoms with Gasteiger partial charge >= 0.3 is 6.03 Å². The van der Waals surface area contributed by atoms with Crippen LogP contribution in [0.2, 0.25) is 0 Å². The SMILES string of the molecule is CSCCC(NC(N)=O)C(=O)NCc1cccc(CO)c1. The molecule has 116 valence electrons. The van der Waals surface area contributed by atoms with Gasteiger partial charge in [-0.2, -0.15) is 11.8 Å². The Labute approximate surface area is 128 Å². The molecule has 0 saturated heterocycles. The maximum atomic E-state index is 12.1. The predicted octanol–water partition coefficient (Wildman–Crippen LogP) is 0.585. The molecule has 1 rings (SSSR count). The molecule has 0 aliphatic carbocycles. The van der Waals surface area contributed by atoms with Gasteiger partial charge < -0.3 is 21.5 Å². The summed E-state index contributed by atoms with van der Waals surface area (Å²) in [7, 11) is 0. The van der Waals surface area contributed by atoms with Gasteiger partial charge in [-0.25, -0.2) is 4.79 Å². The van der Waals surface area contributed by atoms with Crippen molar-refractivity contribution in [2.24, 2.45) is 5.73 Å². The van der Waals surface area contributed by atoms with E-state index in [-0.39, 0.29) is 12.5 Å². The van der Waals surface area contributed by atoms with Crippen molar-refractivity contribution in [3.8, 4) is 0 Å². The molecule has 0 bridgehead atoms. The Bertz CT molecular complexity index is 482. The topological polar surface area (TPSA) is 104 Å². The van der Waals surface area contributed by atoms with Gasteiger partial charge in [0.25, 0.3) is 0 Å². The molecule has 1 atom stereocenters. The lowest BCUT2D eigenvalue weighted by Gasteiger charge is -2.17. The number of nitrogens with two attached hydrogens (primary N) is 1. The van der Waals surface area contributed by atoms with Gasteiger partial charge in [-0.3, -0.25) is 4.79 Å². The molecule has 7 heteroatoms. The highest BCUT2D eigenvalue weighted by Crippen LogP contribution is 2.06. The highest BCUT2D eigenvalue weighted by Gasteiger charge is 2.18. The number of urea groups is 1. The molecule has 6 nitrogen and oxygen atoms in total. The van der Waals surface area contributed by atoms with Gasteiger partial charge in [0, 0.05) is 6.54 Å².